The van der Waals surface area contributed by atoms with E-state index in [1.807, 2.05) is 30.5 Å². The van der Waals surface area contributed by atoms with E-state index < -0.39 is 10.0 Å². The van der Waals surface area contributed by atoms with Crippen molar-refractivity contribution in [2.75, 3.05) is 24.7 Å². The first-order chi connectivity index (χ1) is 12.9. The number of amides is 1. The Balaban J connectivity index is 1.61. The Morgan fingerprint density at radius 1 is 1.15 bits per heavy atom. The molecule has 1 aliphatic heterocycles. The quantitative estimate of drug-likeness (QED) is 0.667. The topological polar surface area (TPSA) is 66.5 Å². The number of sulfonamides is 1. The highest BCUT2D eigenvalue weighted by Crippen LogP contribution is 2.26. The summed E-state index contributed by atoms with van der Waals surface area (Å²) in [4.78, 5) is 13.9. The molecule has 1 fully saturated rings. The third-order valence-electron chi connectivity index (χ3n) is 4.61. The second kappa shape index (κ2) is 8.77. The molecule has 1 heterocycles. The predicted octanol–water partition coefficient (Wildman–Crippen LogP) is 4.21. The fraction of sp³-hybridized carbons (Fsp3) is 0.316. The van der Waals surface area contributed by atoms with E-state index >= 15 is 0 Å². The number of piperidine rings is 1. The summed E-state index contributed by atoms with van der Waals surface area (Å²) in [5, 5.41) is 2.95. The summed E-state index contributed by atoms with van der Waals surface area (Å²) in [6.07, 6.45) is 3.02. The molecule has 1 amide bonds. The summed E-state index contributed by atoms with van der Waals surface area (Å²) < 4.78 is 27.8. The number of halogens is 1. The standard InChI is InChI=1S/C19H21BrN2O3S2/c1-26-17-4-2-3-16(13-17)21-19(23)14-9-11-22(12-10-14)27(24,25)18-7-5-15(20)6-8-18/h2-8,13-14H,9-12H2,1H3,(H,21,23). The summed E-state index contributed by atoms with van der Waals surface area (Å²) >= 11 is 4.93. The van der Waals surface area contributed by atoms with E-state index in [-0.39, 0.29) is 16.7 Å². The second-order valence-electron chi connectivity index (χ2n) is 6.35. The van der Waals surface area contributed by atoms with E-state index in [0.29, 0.717) is 25.9 Å². The van der Waals surface area contributed by atoms with Crippen LogP contribution in [0.1, 0.15) is 12.8 Å². The lowest BCUT2D eigenvalue weighted by molar-refractivity contribution is -0.120. The highest BCUT2D eigenvalue weighted by molar-refractivity contribution is 9.10. The van der Waals surface area contributed by atoms with Crippen LogP contribution in [0.4, 0.5) is 5.69 Å². The van der Waals surface area contributed by atoms with Crippen molar-refractivity contribution in [1.29, 1.82) is 0 Å². The molecular weight excluding hydrogens is 448 g/mol. The van der Waals surface area contributed by atoms with Gasteiger partial charge < -0.3 is 5.32 Å². The van der Waals surface area contributed by atoms with Crippen LogP contribution in [0, 0.1) is 5.92 Å². The zero-order valence-corrected chi connectivity index (χ0v) is 18.1. The van der Waals surface area contributed by atoms with Crippen molar-refractivity contribution in [3.63, 3.8) is 0 Å². The average Bonchev–Trinajstić information content (AvgIpc) is 2.68. The third-order valence-corrected chi connectivity index (χ3v) is 7.78. The molecule has 0 unspecified atom stereocenters. The SMILES string of the molecule is CSc1cccc(NC(=O)C2CCN(S(=O)(=O)c3ccc(Br)cc3)CC2)c1. The van der Waals surface area contributed by atoms with Crippen LogP contribution in [0.5, 0.6) is 0 Å². The lowest BCUT2D eigenvalue weighted by Crippen LogP contribution is -2.41. The normalized spacial score (nSPS) is 16.2. The van der Waals surface area contributed by atoms with E-state index in [0.717, 1.165) is 15.1 Å². The molecule has 0 bridgehead atoms. The molecule has 144 valence electrons. The number of hydrogen-bond acceptors (Lipinski definition) is 4. The molecule has 8 heteroatoms. The van der Waals surface area contributed by atoms with Crippen molar-refractivity contribution in [3.05, 3.63) is 53.0 Å². The monoisotopic (exact) mass is 468 g/mol. The number of nitrogens with zero attached hydrogens (tertiary/aromatic N) is 1. The smallest absolute Gasteiger partial charge is 0.243 e. The van der Waals surface area contributed by atoms with Crippen molar-refractivity contribution in [2.45, 2.75) is 22.6 Å². The second-order valence-corrected chi connectivity index (χ2v) is 10.1. The van der Waals surface area contributed by atoms with Crippen LogP contribution < -0.4 is 5.32 Å². The number of carbonyl (C=O) groups is 1. The van der Waals surface area contributed by atoms with Gasteiger partial charge in [0.25, 0.3) is 0 Å². The molecule has 0 spiro atoms. The molecular formula is C19H21BrN2O3S2. The Bertz CT molecular complexity index is 909. The molecule has 0 radical (unpaired) electrons. The summed E-state index contributed by atoms with van der Waals surface area (Å²) in [5.74, 6) is -0.228. The number of thioether (sulfide) groups is 1. The van der Waals surface area contributed by atoms with Gasteiger partial charge in [0.2, 0.25) is 15.9 Å². The van der Waals surface area contributed by atoms with Gasteiger partial charge in [0.15, 0.2) is 0 Å². The van der Waals surface area contributed by atoms with E-state index in [4.69, 9.17) is 0 Å². The van der Waals surface area contributed by atoms with Gasteiger partial charge in [-0.25, -0.2) is 8.42 Å². The molecule has 2 aromatic rings. The third kappa shape index (κ3) is 4.93. The van der Waals surface area contributed by atoms with Crippen molar-refractivity contribution in [1.82, 2.24) is 4.31 Å². The Morgan fingerprint density at radius 2 is 1.81 bits per heavy atom. The van der Waals surface area contributed by atoms with Crippen molar-refractivity contribution < 1.29 is 13.2 Å². The molecule has 2 aromatic carbocycles. The Morgan fingerprint density at radius 3 is 2.44 bits per heavy atom. The fourth-order valence-corrected chi connectivity index (χ4v) is 5.25. The van der Waals surface area contributed by atoms with Gasteiger partial charge in [-0.05, 0) is 61.6 Å². The number of nitrogens with one attached hydrogen (secondary N) is 1. The minimum Gasteiger partial charge on any atom is -0.326 e. The molecule has 0 aliphatic carbocycles. The lowest BCUT2D eigenvalue weighted by atomic mass is 9.97. The van der Waals surface area contributed by atoms with Crippen molar-refractivity contribution in [2.24, 2.45) is 5.92 Å². The molecule has 0 saturated carbocycles. The first-order valence-corrected chi connectivity index (χ1v) is 12.1. The first kappa shape index (κ1) is 20.4. The first-order valence-electron chi connectivity index (χ1n) is 8.61. The maximum absolute atomic E-state index is 12.7. The average molecular weight is 469 g/mol. The largest absolute Gasteiger partial charge is 0.326 e. The fourth-order valence-electron chi connectivity index (χ4n) is 3.06. The van der Waals surface area contributed by atoms with Crippen LogP contribution in [-0.4, -0.2) is 38.0 Å². The summed E-state index contributed by atoms with van der Waals surface area (Å²) in [6.45, 7) is 0.697. The Kier molecular flexibility index (Phi) is 6.62. The van der Waals surface area contributed by atoms with Gasteiger partial charge in [0, 0.05) is 34.1 Å². The van der Waals surface area contributed by atoms with Crippen LogP contribution in [0.15, 0.2) is 62.8 Å². The highest BCUT2D eigenvalue weighted by Gasteiger charge is 2.32. The highest BCUT2D eigenvalue weighted by atomic mass is 79.9. The van der Waals surface area contributed by atoms with Crippen molar-refractivity contribution in [3.8, 4) is 0 Å². The minimum absolute atomic E-state index is 0.0473. The molecule has 1 aliphatic rings. The number of carbonyl (C=O) groups excluding carboxylic acids is 1. The number of benzene rings is 2. The number of rotatable bonds is 5. The maximum atomic E-state index is 12.7. The molecule has 1 saturated heterocycles. The number of anilines is 1. The summed E-state index contributed by atoms with van der Waals surface area (Å²) in [5.41, 5.74) is 0.775. The van der Waals surface area contributed by atoms with Crippen LogP contribution in [-0.2, 0) is 14.8 Å². The molecule has 27 heavy (non-hydrogen) atoms. The minimum atomic E-state index is -3.52. The van der Waals surface area contributed by atoms with Gasteiger partial charge in [-0.3, -0.25) is 4.79 Å². The van der Waals surface area contributed by atoms with Crippen LogP contribution >= 0.6 is 27.7 Å². The van der Waals surface area contributed by atoms with Crippen molar-refractivity contribution >= 4 is 49.3 Å². The summed E-state index contributed by atoms with van der Waals surface area (Å²) in [7, 11) is -3.52. The molecule has 5 nitrogen and oxygen atoms in total. The van der Waals surface area contributed by atoms with Gasteiger partial charge in [0.05, 0.1) is 4.90 Å². The van der Waals surface area contributed by atoms with E-state index in [1.54, 1.807) is 36.0 Å². The zero-order valence-electron chi connectivity index (χ0n) is 14.9. The van der Waals surface area contributed by atoms with Crippen LogP contribution in [0.25, 0.3) is 0 Å². The Labute approximate surface area is 172 Å². The molecule has 0 atom stereocenters. The predicted molar refractivity (Wildman–Crippen MR) is 112 cm³/mol. The number of hydrogen-bond donors (Lipinski definition) is 1. The summed E-state index contributed by atoms with van der Waals surface area (Å²) in [6, 6.07) is 14.3. The van der Waals surface area contributed by atoms with E-state index in [9.17, 15) is 13.2 Å². The van der Waals surface area contributed by atoms with Crippen LogP contribution in [0.3, 0.4) is 0 Å². The van der Waals surface area contributed by atoms with Crippen LogP contribution in [0.2, 0.25) is 0 Å². The van der Waals surface area contributed by atoms with Gasteiger partial charge >= 0.3 is 0 Å². The van der Waals surface area contributed by atoms with E-state index in [1.165, 1.54) is 4.31 Å². The Hall–Kier alpha value is -1.35. The van der Waals surface area contributed by atoms with Gasteiger partial charge in [0.1, 0.15) is 0 Å². The van der Waals surface area contributed by atoms with Gasteiger partial charge in [-0.1, -0.05) is 22.0 Å². The zero-order chi connectivity index (χ0) is 19.4. The maximum Gasteiger partial charge on any atom is 0.243 e. The van der Waals surface area contributed by atoms with Gasteiger partial charge in [-0.2, -0.15) is 4.31 Å². The van der Waals surface area contributed by atoms with E-state index in [2.05, 4.69) is 21.2 Å². The molecule has 0 aromatic heterocycles. The molecule has 1 N–H and O–H groups in total. The molecule has 3 rings (SSSR count). The lowest BCUT2D eigenvalue weighted by Gasteiger charge is -2.30. The van der Waals surface area contributed by atoms with Gasteiger partial charge in [-0.15, -0.1) is 11.8 Å².